The summed E-state index contributed by atoms with van der Waals surface area (Å²) in [4.78, 5) is 21.9. The molecule has 0 bridgehead atoms. The smallest absolute Gasteiger partial charge is 0.243 e. The summed E-state index contributed by atoms with van der Waals surface area (Å²) in [7, 11) is 0. The molecule has 0 rings (SSSR count). The van der Waals surface area contributed by atoms with Gasteiger partial charge in [-0.25, -0.2) is 0 Å². The third-order valence-electron chi connectivity index (χ3n) is 1.45. The van der Waals surface area contributed by atoms with Gasteiger partial charge in [0.2, 0.25) is 5.91 Å². The summed E-state index contributed by atoms with van der Waals surface area (Å²) in [5.74, 6) is -0.301. The standard InChI is InChI=1S/C9H15NO2/c1-5-8(12)10-6-7(11)9(2,3)4/h5H,1,6H2,2-4H3,(H,10,12). The summed E-state index contributed by atoms with van der Waals surface area (Å²) in [6.07, 6.45) is 1.15. The number of rotatable bonds is 3. The van der Waals surface area contributed by atoms with Crippen LogP contribution >= 0.6 is 0 Å². The minimum Gasteiger partial charge on any atom is -0.345 e. The molecule has 0 spiro atoms. The Morgan fingerprint density at radius 1 is 1.42 bits per heavy atom. The van der Waals surface area contributed by atoms with Crippen molar-refractivity contribution in [2.24, 2.45) is 5.41 Å². The molecule has 3 nitrogen and oxygen atoms in total. The first-order valence-electron chi connectivity index (χ1n) is 3.81. The number of hydrogen-bond acceptors (Lipinski definition) is 2. The lowest BCUT2D eigenvalue weighted by atomic mass is 9.91. The zero-order valence-electron chi connectivity index (χ0n) is 7.81. The van der Waals surface area contributed by atoms with Gasteiger partial charge < -0.3 is 5.32 Å². The molecule has 0 aliphatic rings. The van der Waals surface area contributed by atoms with Gasteiger partial charge in [-0.15, -0.1) is 0 Å². The normalized spacial score (nSPS) is 10.6. The van der Waals surface area contributed by atoms with Gasteiger partial charge >= 0.3 is 0 Å². The van der Waals surface area contributed by atoms with Crippen LogP contribution in [0.4, 0.5) is 0 Å². The Balaban J connectivity index is 3.88. The summed E-state index contributed by atoms with van der Waals surface area (Å²) in [5.41, 5.74) is -0.394. The molecule has 12 heavy (non-hydrogen) atoms. The van der Waals surface area contributed by atoms with Crippen molar-refractivity contribution in [3.05, 3.63) is 12.7 Å². The van der Waals surface area contributed by atoms with Crippen molar-refractivity contribution in [3.8, 4) is 0 Å². The molecule has 1 N–H and O–H groups in total. The molecule has 0 aromatic rings. The first-order chi connectivity index (χ1) is 5.38. The van der Waals surface area contributed by atoms with Crippen LogP contribution in [0.25, 0.3) is 0 Å². The fourth-order valence-corrected chi connectivity index (χ4v) is 0.505. The maximum absolute atomic E-state index is 11.2. The lowest BCUT2D eigenvalue weighted by Gasteiger charge is -2.16. The Labute approximate surface area is 72.8 Å². The maximum atomic E-state index is 11.2. The van der Waals surface area contributed by atoms with Gasteiger partial charge in [-0.2, -0.15) is 0 Å². The predicted octanol–water partition coefficient (Wildman–Crippen LogP) is 0.904. The Bertz CT molecular complexity index is 201. The van der Waals surface area contributed by atoms with Crippen LogP contribution in [0.2, 0.25) is 0 Å². The maximum Gasteiger partial charge on any atom is 0.243 e. The molecule has 0 unspecified atom stereocenters. The van der Waals surface area contributed by atoms with E-state index in [0.717, 1.165) is 6.08 Å². The highest BCUT2D eigenvalue weighted by molar-refractivity contribution is 5.92. The van der Waals surface area contributed by atoms with Crippen molar-refractivity contribution in [2.45, 2.75) is 20.8 Å². The number of hydrogen-bond donors (Lipinski definition) is 1. The number of carbonyl (C=O) groups excluding carboxylic acids is 2. The van der Waals surface area contributed by atoms with Gasteiger partial charge in [0.15, 0.2) is 5.78 Å². The highest BCUT2D eigenvalue weighted by Gasteiger charge is 2.20. The van der Waals surface area contributed by atoms with Crippen molar-refractivity contribution in [2.75, 3.05) is 6.54 Å². The van der Waals surface area contributed by atoms with Crippen LogP contribution in [-0.4, -0.2) is 18.2 Å². The van der Waals surface area contributed by atoms with Crippen LogP contribution in [0, 0.1) is 5.41 Å². The summed E-state index contributed by atoms with van der Waals surface area (Å²) < 4.78 is 0. The molecule has 0 aromatic carbocycles. The van der Waals surface area contributed by atoms with Crippen LogP contribution in [0.1, 0.15) is 20.8 Å². The molecule has 0 radical (unpaired) electrons. The summed E-state index contributed by atoms with van der Waals surface area (Å²) in [6, 6.07) is 0. The molecule has 0 aliphatic heterocycles. The molecule has 0 aromatic heterocycles. The SMILES string of the molecule is C=CC(=O)NCC(=O)C(C)(C)C. The highest BCUT2D eigenvalue weighted by Crippen LogP contribution is 2.13. The second-order valence-corrected chi connectivity index (χ2v) is 3.60. The number of Topliss-reactive ketones (excluding diaryl/α,β-unsaturated/α-hetero) is 1. The molecular weight excluding hydrogens is 154 g/mol. The predicted molar refractivity (Wildman–Crippen MR) is 47.7 cm³/mol. The van der Waals surface area contributed by atoms with Crippen molar-refractivity contribution < 1.29 is 9.59 Å². The molecule has 0 aliphatic carbocycles. The van der Waals surface area contributed by atoms with Crippen LogP contribution in [-0.2, 0) is 9.59 Å². The largest absolute Gasteiger partial charge is 0.345 e. The minimum absolute atomic E-state index is 0.0118. The second-order valence-electron chi connectivity index (χ2n) is 3.60. The van der Waals surface area contributed by atoms with Crippen LogP contribution < -0.4 is 5.32 Å². The van der Waals surface area contributed by atoms with E-state index in [1.165, 1.54) is 0 Å². The number of nitrogens with one attached hydrogen (secondary N) is 1. The van der Waals surface area contributed by atoms with Gasteiger partial charge in [-0.1, -0.05) is 27.4 Å². The van der Waals surface area contributed by atoms with Gasteiger partial charge in [-0.05, 0) is 6.08 Å². The second kappa shape index (κ2) is 4.04. The number of amides is 1. The molecule has 0 saturated heterocycles. The Kier molecular flexibility index (Phi) is 3.67. The van der Waals surface area contributed by atoms with E-state index < -0.39 is 5.41 Å². The number of carbonyl (C=O) groups is 2. The molecular formula is C9H15NO2. The molecule has 1 amide bonds. The Hall–Kier alpha value is -1.12. The van der Waals surface area contributed by atoms with Crippen molar-refractivity contribution in [1.82, 2.24) is 5.32 Å². The van der Waals surface area contributed by atoms with E-state index in [4.69, 9.17) is 0 Å². The average Bonchev–Trinajstić information content (AvgIpc) is 1.97. The first kappa shape index (κ1) is 10.9. The Morgan fingerprint density at radius 2 is 1.92 bits per heavy atom. The van der Waals surface area contributed by atoms with E-state index >= 15 is 0 Å². The third kappa shape index (κ3) is 3.91. The fraction of sp³-hybridized carbons (Fsp3) is 0.556. The molecule has 3 heteroatoms. The molecule has 68 valence electrons. The monoisotopic (exact) mass is 169 g/mol. The summed E-state index contributed by atoms with van der Waals surface area (Å²) >= 11 is 0. The van der Waals surface area contributed by atoms with Crippen molar-refractivity contribution >= 4 is 11.7 Å². The summed E-state index contributed by atoms with van der Waals surface area (Å²) in [6.45, 7) is 8.80. The fourth-order valence-electron chi connectivity index (χ4n) is 0.505. The molecule has 0 saturated carbocycles. The van der Waals surface area contributed by atoms with E-state index in [2.05, 4.69) is 11.9 Å². The third-order valence-corrected chi connectivity index (χ3v) is 1.45. The lowest BCUT2D eigenvalue weighted by Crippen LogP contribution is -2.34. The molecule has 0 atom stereocenters. The first-order valence-corrected chi connectivity index (χ1v) is 3.81. The highest BCUT2D eigenvalue weighted by atomic mass is 16.2. The number of ketones is 1. The van der Waals surface area contributed by atoms with E-state index in [0.29, 0.717) is 0 Å². The van der Waals surface area contributed by atoms with Gasteiger partial charge in [0.1, 0.15) is 0 Å². The van der Waals surface area contributed by atoms with Gasteiger partial charge in [0, 0.05) is 5.41 Å². The molecule has 0 fully saturated rings. The zero-order chi connectivity index (χ0) is 9.78. The van der Waals surface area contributed by atoms with Crippen molar-refractivity contribution in [1.29, 1.82) is 0 Å². The topological polar surface area (TPSA) is 46.2 Å². The Morgan fingerprint density at radius 3 is 2.25 bits per heavy atom. The lowest BCUT2D eigenvalue weighted by molar-refractivity contribution is -0.127. The van der Waals surface area contributed by atoms with Gasteiger partial charge in [0.05, 0.1) is 6.54 Å². The van der Waals surface area contributed by atoms with Gasteiger partial charge in [-0.3, -0.25) is 9.59 Å². The van der Waals surface area contributed by atoms with E-state index in [1.807, 2.05) is 20.8 Å². The minimum atomic E-state index is -0.394. The van der Waals surface area contributed by atoms with E-state index in [1.54, 1.807) is 0 Å². The van der Waals surface area contributed by atoms with Gasteiger partial charge in [0.25, 0.3) is 0 Å². The zero-order valence-corrected chi connectivity index (χ0v) is 7.81. The summed E-state index contributed by atoms with van der Waals surface area (Å²) in [5, 5.41) is 2.43. The molecule has 0 heterocycles. The van der Waals surface area contributed by atoms with Crippen molar-refractivity contribution in [3.63, 3.8) is 0 Å². The quantitative estimate of drug-likeness (QED) is 0.638. The average molecular weight is 169 g/mol. The van der Waals surface area contributed by atoms with Crippen LogP contribution in [0.5, 0.6) is 0 Å². The van der Waals surface area contributed by atoms with Crippen LogP contribution in [0.15, 0.2) is 12.7 Å². The van der Waals surface area contributed by atoms with E-state index in [9.17, 15) is 9.59 Å². The van der Waals surface area contributed by atoms with Crippen LogP contribution in [0.3, 0.4) is 0 Å². The van der Waals surface area contributed by atoms with E-state index in [-0.39, 0.29) is 18.2 Å².